The van der Waals surface area contributed by atoms with Crippen LogP contribution in [0.4, 0.5) is 5.82 Å². The number of anilines is 1. The van der Waals surface area contributed by atoms with Crippen molar-refractivity contribution in [3.8, 4) is 0 Å². The van der Waals surface area contributed by atoms with Crippen molar-refractivity contribution in [2.45, 2.75) is 19.5 Å². The molecule has 0 aromatic carbocycles. The first-order chi connectivity index (χ1) is 10.1. The molecule has 0 aliphatic heterocycles. The van der Waals surface area contributed by atoms with Gasteiger partial charge in [-0.3, -0.25) is 4.79 Å². The van der Waals surface area contributed by atoms with Crippen molar-refractivity contribution in [2.75, 3.05) is 19.5 Å². The van der Waals surface area contributed by atoms with Gasteiger partial charge in [0.15, 0.2) is 5.82 Å². The molecule has 0 radical (unpaired) electrons. The van der Waals surface area contributed by atoms with Crippen LogP contribution in [0, 0.1) is 0 Å². The normalized spacial score (nSPS) is 12.1. The van der Waals surface area contributed by atoms with Crippen LogP contribution in [-0.4, -0.2) is 39.4 Å². The van der Waals surface area contributed by atoms with E-state index in [1.165, 1.54) is 6.20 Å². The van der Waals surface area contributed by atoms with Gasteiger partial charge in [0.2, 0.25) is 0 Å². The molecule has 0 spiro atoms. The number of nitrogens with two attached hydrogens (primary N) is 1. The van der Waals surface area contributed by atoms with Crippen molar-refractivity contribution in [3.05, 3.63) is 36.0 Å². The topological polar surface area (TPSA) is 108 Å². The number of ether oxygens (including phenoxy) is 1. The van der Waals surface area contributed by atoms with Gasteiger partial charge >= 0.3 is 0 Å². The lowest BCUT2D eigenvalue weighted by atomic mass is 10.2. The molecule has 112 valence electrons. The van der Waals surface area contributed by atoms with E-state index < -0.39 is 0 Å². The lowest BCUT2D eigenvalue weighted by Gasteiger charge is -2.14. The quantitative estimate of drug-likeness (QED) is 0.797. The number of methoxy groups -OCH3 is 1. The summed E-state index contributed by atoms with van der Waals surface area (Å²) in [5, 5.41) is 10.8. The zero-order chi connectivity index (χ0) is 15.2. The number of amides is 1. The molecule has 2 rings (SSSR count). The van der Waals surface area contributed by atoms with E-state index in [-0.39, 0.29) is 11.9 Å². The summed E-state index contributed by atoms with van der Waals surface area (Å²) < 4.78 is 6.87. The van der Waals surface area contributed by atoms with E-state index in [1.807, 2.05) is 11.5 Å². The summed E-state index contributed by atoms with van der Waals surface area (Å²) in [7, 11) is 1.63. The SMILES string of the molecule is COCCn1cnnc1C(C)NC(=O)c1ccc(N)nc1. The van der Waals surface area contributed by atoms with E-state index in [9.17, 15) is 4.79 Å². The first-order valence-electron chi connectivity index (χ1n) is 6.51. The molecule has 8 nitrogen and oxygen atoms in total. The number of rotatable bonds is 6. The maximum atomic E-state index is 12.1. The second-order valence-electron chi connectivity index (χ2n) is 4.54. The van der Waals surface area contributed by atoms with Gasteiger partial charge < -0.3 is 20.4 Å². The Balaban J connectivity index is 2.03. The van der Waals surface area contributed by atoms with E-state index in [2.05, 4.69) is 20.5 Å². The smallest absolute Gasteiger partial charge is 0.253 e. The fourth-order valence-corrected chi connectivity index (χ4v) is 1.85. The lowest BCUT2D eigenvalue weighted by molar-refractivity contribution is 0.0937. The Labute approximate surface area is 122 Å². The van der Waals surface area contributed by atoms with Crippen LogP contribution in [0.3, 0.4) is 0 Å². The highest BCUT2D eigenvalue weighted by atomic mass is 16.5. The highest BCUT2D eigenvalue weighted by molar-refractivity contribution is 5.94. The number of hydrogen-bond acceptors (Lipinski definition) is 6. The average Bonchev–Trinajstić information content (AvgIpc) is 2.94. The summed E-state index contributed by atoms with van der Waals surface area (Å²) in [6.45, 7) is 3.02. The Bertz CT molecular complexity index is 595. The summed E-state index contributed by atoms with van der Waals surface area (Å²) in [6, 6.07) is 2.93. The zero-order valence-electron chi connectivity index (χ0n) is 12.0. The number of nitrogen functional groups attached to an aromatic ring is 1. The summed E-state index contributed by atoms with van der Waals surface area (Å²) >= 11 is 0. The Morgan fingerprint density at radius 1 is 1.52 bits per heavy atom. The van der Waals surface area contributed by atoms with Crippen LogP contribution in [0.25, 0.3) is 0 Å². The van der Waals surface area contributed by atoms with E-state index in [0.717, 1.165) is 0 Å². The minimum Gasteiger partial charge on any atom is -0.384 e. The van der Waals surface area contributed by atoms with Crippen LogP contribution in [0.1, 0.15) is 29.1 Å². The number of nitrogens with one attached hydrogen (secondary N) is 1. The molecule has 0 aliphatic rings. The van der Waals surface area contributed by atoms with Gasteiger partial charge in [-0.25, -0.2) is 4.98 Å². The van der Waals surface area contributed by atoms with E-state index in [4.69, 9.17) is 10.5 Å². The molecule has 0 saturated carbocycles. The van der Waals surface area contributed by atoms with Crippen LogP contribution in [0.2, 0.25) is 0 Å². The van der Waals surface area contributed by atoms with Gasteiger partial charge in [0.1, 0.15) is 12.1 Å². The van der Waals surface area contributed by atoms with E-state index in [1.54, 1.807) is 25.6 Å². The largest absolute Gasteiger partial charge is 0.384 e. The van der Waals surface area contributed by atoms with E-state index >= 15 is 0 Å². The molecule has 1 atom stereocenters. The van der Waals surface area contributed by atoms with Gasteiger partial charge in [-0.2, -0.15) is 0 Å². The van der Waals surface area contributed by atoms with Gasteiger partial charge in [-0.05, 0) is 19.1 Å². The minimum atomic E-state index is -0.283. The molecule has 0 aliphatic carbocycles. The minimum absolute atomic E-state index is 0.240. The standard InChI is InChI=1S/C13H18N6O2/c1-9(12-18-16-8-19(12)5-6-21-2)17-13(20)10-3-4-11(14)15-7-10/h3-4,7-9H,5-6H2,1-2H3,(H2,14,15)(H,17,20). The highest BCUT2D eigenvalue weighted by Gasteiger charge is 2.16. The van der Waals surface area contributed by atoms with Crippen molar-refractivity contribution < 1.29 is 9.53 Å². The molecule has 1 amide bonds. The molecular weight excluding hydrogens is 272 g/mol. The number of carbonyl (C=O) groups is 1. The number of carbonyl (C=O) groups excluding carboxylic acids is 1. The van der Waals surface area contributed by atoms with Gasteiger partial charge in [0.25, 0.3) is 5.91 Å². The highest BCUT2D eigenvalue weighted by Crippen LogP contribution is 2.10. The molecule has 2 heterocycles. The van der Waals surface area contributed by atoms with Crippen molar-refractivity contribution in [1.82, 2.24) is 25.1 Å². The number of aromatic nitrogens is 4. The van der Waals surface area contributed by atoms with Crippen LogP contribution in [-0.2, 0) is 11.3 Å². The number of hydrogen-bond donors (Lipinski definition) is 2. The van der Waals surface area contributed by atoms with Gasteiger partial charge in [-0.15, -0.1) is 10.2 Å². The summed E-state index contributed by atoms with van der Waals surface area (Å²) in [5.41, 5.74) is 5.94. The fourth-order valence-electron chi connectivity index (χ4n) is 1.85. The van der Waals surface area contributed by atoms with E-state index in [0.29, 0.717) is 30.4 Å². The van der Waals surface area contributed by atoms with Crippen LogP contribution in [0.5, 0.6) is 0 Å². The monoisotopic (exact) mass is 290 g/mol. The first-order valence-corrected chi connectivity index (χ1v) is 6.51. The van der Waals surface area contributed by atoms with Crippen molar-refractivity contribution in [3.63, 3.8) is 0 Å². The van der Waals surface area contributed by atoms with Crippen molar-refractivity contribution in [2.24, 2.45) is 0 Å². The molecule has 21 heavy (non-hydrogen) atoms. The van der Waals surface area contributed by atoms with Crippen molar-refractivity contribution in [1.29, 1.82) is 0 Å². The van der Waals surface area contributed by atoms with Gasteiger partial charge in [-0.1, -0.05) is 0 Å². The fraction of sp³-hybridized carbons (Fsp3) is 0.385. The maximum absolute atomic E-state index is 12.1. The first kappa shape index (κ1) is 14.9. The van der Waals surface area contributed by atoms with Crippen LogP contribution < -0.4 is 11.1 Å². The second kappa shape index (κ2) is 6.80. The van der Waals surface area contributed by atoms with Crippen LogP contribution >= 0.6 is 0 Å². The van der Waals surface area contributed by atoms with Gasteiger partial charge in [0.05, 0.1) is 18.2 Å². The number of pyridine rings is 1. The molecule has 2 aromatic heterocycles. The summed E-state index contributed by atoms with van der Waals surface area (Å²) in [5.74, 6) is 0.805. The predicted molar refractivity (Wildman–Crippen MR) is 76.4 cm³/mol. The average molecular weight is 290 g/mol. The molecule has 1 unspecified atom stereocenters. The molecule has 8 heteroatoms. The van der Waals surface area contributed by atoms with Crippen LogP contribution in [0.15, 0.2) is 24.7 Å². The number of nitrogens with zero attached hydrogens (tertiary/aromatic N) is 4. The maximum Gasteiger partial charge on any atom is 0.253 e. The second-order valence-corrected chi connectivity index (χ2v) is 4.54. The summed E-state index contributed by atoms with van der Waals surface area (Å²) in [6.07, 6.45) is 3.05. The Morgan fingerprint density at radius 2 is 2.33 bits per heavy atom. The third kappa shape index (κ3) is 3.76. The predicted octanol–water partition coefficient (Wildman–Crippen LogP) is 0.393. The van der Waals surface area contributed by atoms with Gasteiger partial charge in [0, 0.05) is 19.9 Å². The summed E-state index contributed by atoms with van der Waals surface area (Å²) in [4.78, 5) is 16.0. The third-order valence-corrected chi connectivity index (χ3v) is 2.97. The Kier molecular flexibility index (Phi) is 4.83. The van der Waals surface area contributed by atoms with Crippen molar-refractivity contribution >= 4 is 11.7 Å². The molecule has 3 N–H and O–H groups in total. The Morgan fingerprint density at radius 3 is 3.00 bits per heavy atom. The third-order valence-electron chi connectivity index (χ3n) is 2.97. The molecule has 0 fully saturated rings. The zero-order valence-corrected chi connectivity index (χ0v) is 12.0. The lowest BCUT2D eigenvalue weighted by Crippen LogP contribution is -2.29. The molecule has 0 saturated heterocycles. The molecule has 0 bridgehead atoms. The molecule has 2 aromatic rings. The Hall–Kier alpha value is -2.48. The molecular formula is C13H18N6O2.